The van der Waals surface area contributed by atoms with Gasteiger partial charge in [0.05, 0.1) is 5.56 Å². The normalized spacial score (nSPS) is 10.2. The van der Waals surface area contributed by atoms with Gasteiger partial charge in [-0.25, -0.2) is 8.78 Å². The van der Waals surface area contributed by atoms with Crippen LogP contribution in [-0.4, -0.2) is 11.0 Å². The summed E-state index contributed by atoms with van der Waals surface area (Å²) < 4.78 is 26.1. The van der Waals surface area contributed by atoms with Crippen LogP contribution in [0.5, 0.6) is 5.75 Å². The molecule has 0 bridgehead atoms. The van der Waals surface area contributed by atoms with Crippen molar-refractivity contribution in [1.29, 1.82) is 0 Å². The highest BCUT2D eigenvalue weighted by Crippen LogP contribution is 2.21. The Morgan fingerprint density at radius 3 is 2.58 bits per heavy atom. The van der Waals surface area contributed by atoms with Gasteiger partial charge in [-0.05, 0) is 30.3 Å². The monoisotopic (exact) mass is 264 g/mol. The van der Waals surface area contributed by atoms with E-state index in [-0.39, 0.29) is 16.9 Å². The van der Waals surface area contributed by atoms with Crippen LogP contribution in [0.3, 0.4) is 0 Å². The van der Waals surface area contributed by atoms with Gasteiger partial charge in [0, 0.05) is 17.4 Å². The van der Waals surface area contributed by atoms with E-state index in [4.69, 9.17) is 10.8 Å². The molecule has 0 aliphatic rings. The van der Waals surface area contributed by atoms with Crippen molar-refractivity contribution in [2.24, 2.45) is 0 Å². The van der Waals surface area contributed by atoms with Crippen molar-refractivity contribution in [1.82, 2.24) is 0 Å². The van der Waals surface area contributed by atoms with Crippen LogP contribution >= 0.6 is 0 Å². The summed E-state index contributed by atoms with van der Waals surface area (Å²) >= 11 is 0. The zero-order valence-electron chi connectivity index (χ0n) is 9.65. The van der Waals surface area contributed by atoms with E-state index in [9.17, 15) is 13.6 Å². The topological polar surface area (TPSA) is 75.4 Å². The number of halogens is 2. The molecule has 0 heterocycles. The zero-order chi connectivity index (χ0) is 14.0. The van der Waals surface area contributed by atoms with Crippen LogP contribution in [-0.2, 0) is 0 Å². The molecule has 19 heavy (non-hydrogen) atoms. The zero-order valence-corrected chi connectivity index (χ0v) is 9.65. The van der Waals surface area contributed by atoms with Crippen LogP contribution in [0.2, 0.25) is 0 Å². The molecule has 6 heteroatoms. The van der Waals surface area contributed by atoms with E-state index in [0.29, 0.717) is 0 Å². The highest BCUT2D eigenvalue weighted by molar-refractivity contribution is 6.07. The molecule has 0 radical (unpaired) electrons. The van der Waals surface area contributed by atoms with Crippen molar-refractivity contribution in [3.63, 3.8) is 0 Å². The third-order valence-electron chi connectivity index (χ3n) is 2.47. The number of amides is 1. The van der Waals surface area contributed by atoms with Crippen LogP contribution in [0.1, 0.15) is 10.4 Å². The van der Waals surface area contributed by atoms with Gasteiger partial charge in [0.1, 0.15) is 5.82 Å². The lowest BCUT2D eigenvalue weighted by atomic mass is 10.1. The van der Waals surface area contributed by atoms with Crippen molar-refractivity contribution >= 4 is 17.3 Å². The Kier molecular flexibility index (Phi) is 3.33. The lowest BCUT2D eigenvalue weighted by Crippen LogP contribution is -2.14. The molecule has 0 saturated carbocycles. The van der Waals surface area contributed by atoms with Crippen LogP contribution in [0, 0.1) is 11.6 Å². The number of hydrogen-bond acceptors (Lipinski definition) is 3. The summed E-state index contributed by atoms with van der Waals surface area (Å²) in [7, 11) is 0. The van der Waals surface area contributed by atoms with Gasteiger partial charge in [-0.15, -0.1) is 0 Å². The predicted molar refractivity (Wildman–Crippen MR) is 66.8 cm³/mol. The standard InChI is InChI=1S/C13H10F2N2O2/c14-7-1-3-11(16)9(5-7)13(19)17-8-2-4-12(18)10(15)6-8/h1-6,18H,16H2,(H,17,19). The van der Waals surface area contributed by atoms with Crippen LogP contribution in [0.15, 0.2) is 36.4 Å². The van der Waals surface area contributed by atoms with Crippen LogP contribution < -0.4 is 11.1 Å². The highest BCUT2D eigenvalue weighted by Gasteiger charge is 2.12. The fourth-order valence-corrected chi connectivity index (χ4v) is 1.51. The molecule has 4 nitrogen and oxygen atoms in total. The number of carbonyl (C=O) groups is 1. The molecule has 0 aliphatic carbocycles. The van der Waals surface area contributed by atoms with Crippen molar-refractivity contribution in [3.05, 3.63) is 53.6 Å². The van der Waals surface area contributed by atoms with Crippen molar-refractivity contribution < 1.29 is 18.7 Å². The molecule has 4 N–H and O–H groups in total. The van der Waals surface area contributed by atoms with Crippen molar-refractivity contribution in [2.45, 2.75) is 0 Å². The number of aromatic hydroxyl groups is 1. The number of benzene rings is 2. The number of hydrogen-bond donors (Lipinski definition) is 3. The minimum absolute atomic E-state index is 0.0477. The fourth-order valence-electron chi connectivity index (χ4n) is 1.51. The van der Waals surface area contributed by atoms with E-state index >= 15 is 0 Å². The summed E-state index contributed by atoms with van der Waals surface area (Å²) in [5, 5.41) is 11.4. The number of rotatable bonds is 2. The molecule has 98 valence electrons. The first kappa shape index (κ1) is 12.8. The lowest BCUT2D eigenvalue weighted by molar-refractivity contribution is 0.102. The Bertz CT molecular complexity index is 645. The number of nitrogens with two attached hydrogens (primary N) is 1. The maximum absolute atomic E-state index is 13.1. The summed E-state index contributed by atoms with van der Waals surface area (Å²) in [6.45, 7) is 0. The molecule has 0 atom stereocenters. The average Bonchev–Trinajstić information content (AvgIpc) is 2.36. The Balaban J connectivity index is 2.25. The summed E-state index contributed by atoms with van der Waals surface area (Å²) in [6, 6.07) is 6.74. The average molecular weight is 264 g/mol. The van der Waals surface area contributed by atoms with E-state index in [1.54, 1.807) is 0 Å². The molecule has 0 unspecified atom stereocenters. The van der Waals surface area contributed by atoms with Crippen molar-refractivity contribution in [3.8, 4) is 5.75 Å². The Labute approximate surface area is 107 Å². The first-order valence-corrected chi connectivity index (χ1v) is 5.32. The predicted octanol–water partition coefficient (Wildman–Crippen LogP) is 2.50. The maximum atomic E-state index is 13.1. The molecular formula is C13H10F2N2O2. The highest BCUT2D eigenvalue weighted by atomic mass is 19.1. The second-order valence-electron chi connectivity index (χ2n) is 3.85. The van der Waals surface area contributed by atoms with Crippen LogP contribution in [0.25, 0.3) is 0 Å². The molecule has 0 spiro atoms. The van der Waals surface area contributed by atoms with E-state index in [2.05, 4.69) is 5.32 Å². The molecule has 2 aromatic rings. The lowest BCUT2D eigenvalue weighted by Gasteiger charge is -2.08. The summed E-state index contributed by atoms with van der Waals surface area (Å²) in [4.78, 5) is 11.8. The van der Waals surface area contributed by atoms with Gasteiger partial charge in [0.2, 0.25) is 0 Å². The van der Waals surface area contributed by atoms with E-state index in [0.717, 1.165) is 24.3 Å². The smallest absolute Gasteiger partial charge is 0.257 e. The molecule has 0 fully saturated rings. The quantitative estimate of drug-likeness (QED) is 0.576. The number of nitrogens with one attached hydrogen (secondary N) is 1. The van der Waals surface area contributed by atoms with Crippen LogP contribution in [0.4, 0.5) is 20.2 Å². The third-order valence-corrected chi connectivity index (χ3v) is 2.47. The SMILES string of the molecule is Nc1ccc(F)cc1C(=O)Nc1ccc(O)c(F)c1. The molecule has 0 aromatic heterocycles. The Hall–Kier alpha value is -2.63. The molecule has 1 amide bonds. The van der Waals surface area contributed by atoms with Gasteiger partial charge in [0.25, 0.3) is 5.91 Å². The number of phenolic OH excluding ortho intramolecular Hbond substituents is 1. The first-order chi connectivity index (χ1) is 8.97. The van der Waals surface area contributed by atoms with Gasteiger partial charge in [-0.2, -0.15) is 0 Å². The molecule has 2 aromatic carbocycles. The van der Waals surface area contributed by atoms with Crippen molar-refractivity contribution in [2.75, 3.05) is 11.1 Å². The molecule has 0 saturated heterocycles. The van der Waals surface area contributed by atoms with E-state index in [1.807, 2.05) is 0 Å². The van der Waals surface area contributed by atoms with E-state index < -0.39 is 23.3 Å². The molecular weight excluding hydrogens is 254 g/mol. The largest absolute Gasteiger partial charge is 0.505 e. The van der Waals surface area contributed by atoms with E-state index in [1.165, 1.54) is 12.1 Å². The second-order valence-corrected chi connectivity index (χ2v) is 3.85. The van der Waals surface area contributed by atoms with Gasteiger partial charge >= 0.3 is 0 Å². The Morgan fingerprint density at radius 1 is 1.16 bits per heavy atom. The fraction of sp³-hybridized carbons (Fsp3) is 0. The third kappa shape index (κ3) is 2.79. The summed E-state index contributed by atoms with van der Waals surface area (Å²) in [5.74, 6) is -2.66. The number of phenols is 1. The number of nitrogen functional groups attached to an aromatic ring is 1. The number of carbonyl (C=O) groups excluding carboxylic acids is 1. The second kappa shape index (κ2) is 4.93. The van der Waals surface area contributed by atoms with Gasteiger partial charge in [-0.3, -0.25) is 4.79 Å². The summed E-state index contributed by atoms with van der Waals surface area (Å²) in [5.41, 5.74) is 5.75. The number of anilines is 2. The first-order valence-electron chi connectivity index (χ1n) is 5.32. The molecule has 0 aliphatic heterocycles. The van der Waals surface area contributed by atoms with Gasteiger partial charge < -0.3 is 16.2 Å². The summed E-state index contributed by atoms with van der Waals surface area (Å²) in [6.07, 6.45) is 0. The maximum Gasteiger partial charge on any atom is 0.257 e. The van der Waals surface area contributed by atoms with Gasteiger partial charge in [0.15, 0.2) is 11.6 Å². The minimum Gasteiger partial charge on any atom is -0.505 e. The van der Waals surface area contributed by atoms with Gasteiger partial charge in [-0.1, -0.05) is 0 Å². The minimum atomic E-state index is -0.870. The molecule has 2 rings (SSSR count). The Morgan fingerprint density at radius 2 is 1.89 bits per heavy atom.